The van der Waals surface area contributed by atoms with E-state index in [0.29, 0.717) is 28.9 Å². The van der Waals surface area contributed by atoms with Crippen molar-refractivity contribution in [1.82, 2.24) is 15.1 Å². The van der Waals surface area contributed by atoms with Gasteiger partial charge in [0.1, 0.15) is 0 Å². The van der Waals surface area contributed by atoms with Crippen LogP contribution in [0.25, 0.3) is 11.5 Å². The van der Waals surface area contributed by atoms with E-state index in [0.717, 1.165) is 6.42 Å². The van der Waals surface area contributed by atoms with Crippen molar-refractivity contribution < 1.29 is 9.32 Å². The van der Waals surface area contributed by atoms with Gasteiger partial charge in [-0.05, 0) is 12.0 Å². The van der Waals surface area contributed by atoms with Crippen LogP contribution in [-0.4, -0.2) is 21.0 Å². The first-order valence-corrected chi connectivity index (χ1v) is 6.11. The molecule has 0 aromatic carbocycles. The number of anilines is 1. The van der Waals surface area contributed by atoms with Crippen molar-refractivity contribution in [2.24, 2.45) is 5.92 Å². The number of carbonyl (C=O) groups excluding carboxylic acids is 1. The van der Waals surface area contributed by atoms with Gasteiger partial charge >= 0.3 is 0 Å². The third-order valence-electron chi connectivity index (χ3n) is 2.42. The Bertz CT molecular complexity index is 578. The normalized spacial score (nSPS) is 10.7. The number of nitrogens with one attached hydrogen (secondary N) is 1. The van der Waals surface area contributed by atoms with Crippen molar-refractivity contribution in [2.45, 2.75) is 27.2 Å². The number of nitrogens with zero attached hydrogens (tertiary/aromatic N) is 3. The Balaban J connectivity index is 2.30. The van der Waals surface area contributed by atoms with Crippen molar-refractivity contribution in [3.63, 3.8) is 0 Å². The van der Waals surface area contributed by atoms with Gasteiger partial charge in [0.15, 0.2) is 5.82 Å². The lowest BCUT2D eigenvalue weighted by Gasteiger charge is -2.04. The molecule has 0 aliphatic carbocycles. The summed E-state index contributed by atoms with van der Waals surface area (Å²) in [6, 6.07) is 1.73. The van der Waals surface area contributed by atoms with Crippen molar-refractivity contribution >= 4 is 11.6 Å². The van der Waals surface area contributed by atoms with Gasteiger partial charge in [-0.25, -0.2) is 0 Å². The van der Waals surface area contributed by atoms with Crippen LogP contribution in [0.1, 0.15) is 26.6 Å². The van der Waals surface area contributed by atoms with Crippen molar-refractivity contribution in [1.29, 1.82) is 0 Å². The summed E-state index contributed by atoms with van der Waals surface area (Å²) in [6.45, 7) is 5.62. The predicted octanol–water partition coefficient (Wildman–Crippen LogP) is 2.29. The van der Waals surface area contributed by atoms with E-state index in [1.807, 2.05) is 0 Å². The molecule has 2 rings (SSSR count). The summed E-state index contributed by atoms with van der Waals surface area (Å²) in [5.41, 5.74) is 1.24. The molecule has 2 heterocycles. The molecule has 2 aromatic rings. The van der Waals surface area contributed by atoms with Gasteiger partial charge in [0, 0.05) is 19.5 Å². The monoisotopic (exact) mass is 260 g/mol. The fraction of sp³-hybridized carbons (Fsp3) is 0.385. The maximum Gasteiger partial charge on any atom is 0.260 e. The Morgan fingerprint density at radius 1 is 1.47 bits per heavy atom. The molecular formula is C13H16N4O2. The topological polar surface area (TPSA) is 80.9 Å². The first-order chi connectivity index (χ1) is 9.06. The van der Waals surface area contributed by atoms with Gasteiger partial charge < -0.3 is 9.84 Å². The number of aromatic nitrogens is 3. The highest BCUT2D eigenvalue weighted by molar-refractivity contribution is 5.92. The molecule has 6 nitrogen and oxygen atoms in total. The molecule has 0 radical (unpaired) electrons. The van der Waals surface area contributed by atoms with Gasteiger partial charge in [0.25, 0.3) is 5.89 Å². The second-order valence-corrected chi connectivity index (χ2v) is 4.72. The summed E-state index contributed by atoms with van der Waals surface area (Å²) in [4.78, 5) is 19.4. The molecular weight excluding hydrogens is 244 g/mol. The van der Waals surface area contributed by atoms with Crippen molar-refractivity contribution in [2.75, 3.05) is 5.32 Å². The molecule has 100 valence electrons. The van der Waals surface area contributed by atoms with Crippen LogP contribution in [0.15, 0.2) is 23.0 Å². The lowest BCUT2D eigenvalue weighted by atomic mass is 10.1. The van der Waals surface area contributed by atoms with Crippen LogP contribution in [0.2, 0.25) is 0 Å². The van der Waals surface area contributed by atoms with E-state index in [2.05, 4.69) is 34.3 Å². The number of amides is 1. The average molecular weight is 260 g/mol. The molecule has 0 atom stereocenters. The molecule has 6 heteroatoms. The van der Waals surface area contributed by atoms with Crippen LogP contribution in [0.4, 0.5) is 5.69 Å². The Kier molecular flexibility index (Phi) is 3.89. The Morgan fingerprint density at radius 2 is 2.26 bits per heavy atom. The maximum atomic E-state index is 11.1. The quantitative estimate of drug-likeness (QED) is 0.912. The molecule has 0 bridgehead atoms. The van der Waals surface area contributed by atoms with Gasteiger partial charge in [-0.3, -0.25) is 9.78 Å². The van der Waals surface area contributed by atoms with Crippen molar-refractivity contribution in [3.05, 3.63) is 24.3 Å². The van der Waals surface area contributed by atoms with E-state index < -0.39 is 0 Å². The highest BCUT2D eigenvalue weighted by Gasteiger charge is 2.14. The van der Waals surface area contributed by atoms with Crippen molar-refractivity contribution in [3.8, 4) is 11.5 Å². The molecule has 19 heavy (non-hydrogen) atoms. The fourth-order valence-corrected chi connectivity index (χ4v) is 1.68. The first-order valence-electron chi connectivity index (χ1n) is 6.11. The van der Waals surface area contributed by atoms with Crippen LogP contribution in [0.5, 0.6) is 0 Å². The zero-order chi connectivity index (χ0) is 13.8. The van der Waals surface area contributed by atoms with E-state index >= 15 is 0 Å². The van der Waals surface area contributed by atoms with Crippen LogP contribution in [0.3, 0.4) is 0 Å². The smallest absolute Gasteiger partial charge is 0.260 e. The summed E-state index contributed by atoms with van der Waals surface area (Å²) < 4.78 is 5.23. The zero-order valence-corrected chi connectivity index (χ0v) is 11.2. The molecule has 0 unspecified atom stereocenters. The number of hydrogen-bond donors (Lipinski definition) is 1. The number of pyridine rings is 1. The van der Waals surface area contributed by atoms with Crippen LogP contribution < -0.4 is 5.32 Å². The number of rotatable bonds is 4. The summed E-state index contributed by atoms with van der Waals surface area (Å²) in [5, 5.41) is 6.63. The van der Waals surface area contributed by atoms with Gasteiger partial charge in [-0.15, -0.1) is 0 Å². The summed E-state index contributed by atoms with van der Waals surface area (Å²) in [7, 11) is 0. The molecule has 0 fully saturated rings. The molecule has 2 aromatic heterocycles. The Morgan fingerprint density at radius 3 is 2.95 bits per heavy atom. The third-order valence-corrected chi connectivity index (χ3v) is 2.42. The second kappa shape index (κ2) is 5.60. The maximum absolute atomic E-state index is 11.1. The first kappa shape index (κ1) is 13.2. The van der Waals surface area contributed by atoms with E-state index in [9.17, 15) is 4.79 Å². The van der Waals surface area contributed by atoms with Gasteiger partial charge in [-0.1, -0.05) is 19.0 Å². The number of carbonyl (C=O) groups is 1. The molecule has 0 spiro atoms. The highest BCUT2D eigenvalue weighted by atomic mass is 16.5. The minimum Gasteiger partial charge on any atom is -0.334 e. The molecule has 1 N–H and O–H groups in total. The van der Waals surface area contributed by atoms with E-state index in [1.54, 1.807) is 18.5 Å². The van der Waals surface area contributed by atoms with Gasteiger partial charge in [-0.2, -0.15) is 4.98 Å². The molecule has 0 aliphatic rings. The summed E-state index contributed by atoms with van der Waals surface area (Å²) in [5.74, 6) is 1.34. The lowest BCUT2D eigenvalue weighted by Crippen LogP contribution is -2.07. The highest BCUT2D eigenvalue weighted by Crippen LogP contribution is 2.25. The molecule has 0 saturated heterocycles. The second-order valence-electron chi connectivity index (χ2n) is 4.72. The van der Waals surface area contributed by atoms with E-state index in [-0.39, 0.29) is 5.91 Å². The van der Waals surface area contributed by atoms with Crippen LogP contribution >= 0.6 is 0 Å². The van der Waals surface area contributed by atoms with Crippen LogP contribution in [0, 0.1) is 5.92 Å². The van der Waals surface area contributed by atoms with E-state index in [4.69, 9.17) is 4.52 Å². The van der Waals surface area contributed by atoms with Gasteiger partial charge in [0.05, 0.1) is 17.4 Å². The average Bonchev–Trinajstić information content (AvgIpc) is 2.76. The van der Waals surface area contributed by atoms with E-state index in [1.165, 1.54) is 6.92 Å². The largest absolute Gasteiger partial charge is 0.334 e. The standard InChI is InChI=1S/C13H16N4O2/c1-8(2)6-12-16-13(19-17-12)10-4-5-14-7-11(10)15-9(3)18/h4-5,7-8H,6H2,1-3H3,(H,15,18). The minimum absolute atomic E-state index is 0.170. The fourth-order valence-electron chi connectivity index (χ4n) is 1.68. The molecule has 1 amide bonds. The minimum atomic E-state index is -0.170. The zero-order valence-electron chi connectivity index (χ0n) is 11.2. The Hall–Kier alpha value is -2.24. The lowest BCUT2D eigenvalue weighted by molar-refractivity contribution is -0.114. The SMILES string of the molecule is CC(=O)Nc1cnccc1-c1nc(CC(C)C)no1. The third kappa shape index (κ3) is 3.37. The number of hydrogen-bond acceptors (Lipinski definition) is 5. The summed E-state index contributed by atoms with van der Waals surface area (Å²) >= 11 is 0. The van der Waals surface area contributed by atoms with Gasteiger partial charge in [0.2, 0.25) is 5.91 Å². The molecule has 0 saturated carbocycles. The van der Waals surface area contributed by atoms with Crippen LogP contribution in [-0.2, 0) is 11.2 Å². The Labute approximate surface area is 111 Å². The molecule has 0 aliphatic heterocycles. The summed E-state index contributed by atoms with van der Waals surface area (Å²) in [6.07, 6.45) is 3.93. The predicted molar refractivity (Wildman–Crippen MR) is 70.4 cm³/mol.